The molecule has 1 atom stereocenters. The van der Waals surface area contributed by atoms with Crippen LogP contribution in [0.25, 0.3) is 11.3 Å². The monoisotopic (exact) mass is 262 g/mol. The van der Waals surface area contributed by atoms with Crippen molar-refractivity contribution in [3.63, 3.8) is 0 Å². The van der Waals surface area contributed by atoms with E-state index in [0.717, 1.165) is 35.1 Å². The summed E-state index contributed by atoms with van der Waals surface area (Å²) in [6.07, 6.45) is 2.81. The van der Waals surface area contributed by atoms with Crippen LogP contribution in [0.3, 0.4) is 0 Å². The van der Waals surface area contributed by atoms with Crippen LogP contribution in [0.15, 0.2) is 40.9 Å². The average molecular weight is 262 g/mol. The Labute approximate surface area is 112 Å². The predicted molar refractivity (Wildman–Crippen MR) is 76.4 cm³/mol. The fourth-order valence-corrected chi connectivity index (χ4v) is 2.53. The maximum Gasteiger partial charge on any atom is 0.204 e. The summed E-state index contributed by atoms with van der Waals surface area (Å²) < 4.78 is 5.71. The second kappa shape index (κ2) is 6.61. The van der Waals surface area contributed by atoms with E-state index in [2.05, 4.69) is 4.98 Å². The fraction of sp³-hybridized carbons (Fsp3) is 0.357. The zero-order valence-corrected chi connectivity index (χ0v) is 11.3. The zero-order valence-electron chi connectivity index (χ0n) is 10.5. The zero-order chi connectivity index (χ0) is 12.8. The van der Waals surface area contributed by atoms with Crippen LogP contribution in [-0.4, -0.2) is 16.8 Å². The van der Waals surface area contributed by atoms with Crippen LogP contribution >= 0.6 is 11.8 Å². The average Bonchev–Trinajstić information content (AvgIpc) is 2.84. The van der Waals surface area contributed by atoms with E-state index in [1.807, 2.05) is 37.3 Å². The minimum Gasteiger partial charge on any atom is -0.440 e. The van der Waals surface area contributed by atoms with Gasteiger partial charge in [-0.25, -0.2) is 4.98 Å². The molecule has 3 nitrogen and oxygen atoms in total. The van der Waals surface area contributed by atoms with Gasteiger partial charge in [-0.2, -0.15) is 11.8 Å². The molecule has 0 fully saturated rings. The molecule has 4 heteroatoms. The molecule has 0 amide bonds. The maximum atomic E-state index is 5.71. The highest BCUT2D eigenvalue weighted by atomic mass is 32.2. The molecule has 0 saturated heterocycles. The molecule has 1 aromatic heterocycles. The Morgan fingerprint density at radius 2 is 2.11 bits per heavy atom. The number of oxazole rings is 1. The molecule has 2 N–H and O–H groups in total. The highest BCUT2D eigenvalue weighted by molar-refractivity contribution is 7.98. The predicted octanol–water partition coefficient (Wildman–Crippen LogP) is 3.31. The summed E-state index contributed by atoms with van der Waals surface area (Å²) in [5.74, 6) is 3.46. The third kappa shape index (κ3) is 3.89. The molecule has 1 heterocycles. The molecule has 0 radical (unpaired) electrons. The van der Waals surface area contributed by atoms with Crippen molar-refractivity contribution >= 4 is 11.8 Å². The van der Waals surface area contributed by atoms with Crippen LogP contribution < -0.4 is 5.73 Å². The molecule has 0 aliphatic heterocycles. The molecule has 1 aromatic carbocycles. The van der Waals surface area contributed by atoms with Gasteiger partial charge in [-0.15, -0.1) is 0 Å². The SMILES string of the molecule is CC(N)CCSCc1ncc(-c2ccccc2)o1. The lowest BCUT2D eigenvalue weighted by Crippen LogP contribution is -2.15. The summed E-state index contributed by atoms with van der Waals surface area (Å²) in [7, 11) is 0. The number of nitrogens with zero attached hydrogens (tertiary/aromatic N) is 1. The summed E-state index contributed by atoms with van der Waals surface area (Å²) in [4.78, 5) is 4.29. The van der Waals surface area contributed by atoms with E-state index in [1.165, 1.54) is 0 Å². The number of aromatic nitrogens is 1. The van der Waals surface area contributed by atoms with Gasteiger partial charge in [-0.1, -0.05) is 30.3 Å². The second-order valence-corrected chi connectivity index (χ2v) is 5.41. The topological polar surface area (TPSA) is 52.0 Å². The van der Waals surface area contributed by atoms with Gasteiger partial charge >= 0.3 is 0 Å². The van der Waals surface area contributed by atoms with Gasteiger partial charge in [0.05, 0.1) is 11.9 Å². The molecule has 0 aliphatic rings. The smallest absolute Gasteiger partial charge is 0.204 e. The van der Waals surface area contributed by atoms with Gasteiger partial charge in [-0.3, -0.25) is 0 Å². The van der Waals surface area contributed by atoms with E-state index >= 15 is 0 Å². The normalized spacial score (nSPS) is 12.6. The summed E-state index contributed by atoms with van der Waals surface area (Å²) in [5, 5.41) is 0. The van der Waals surface area contributed by atoms with Gasteiger partial charge in [0.15, 0.2) is 5.76 Å². The number of hydrogen-bond donors (Lipinski definition) is 1. The van der Waals surface area contributed by atoms with Crippen LogP contribution in [-0.2, 0) is 5.75 Å². The number of nitrogens with two attached hydrogens (primary N) is 1. The lowest BCUT2D eigenvalue weighted by atomic mass is 10.2. The lowest BCUT2D eigenvalue weighted by molar-refractivity contribution is 0.530. The van der Waals surface area contributed by atoms with Crippen molar-refractivity contribution in [2.24, 2.45) is 5.73 Å². The van der Waals surface area contributed by atoms with Crippen LogP contribution in [0.4, 0.5) is 0 Å². The van der Waals surface area contributed by atoms with Gasteiger partial charge < -0.3 is 10.2 Å². The Morgan fingerprint density at radius 1 is 1.33 bits per heavy atom. The van der Waals surface area contributed by atoms with E-state index in [1.54, 1.807) is 18.0 Å². The summed E-state index contributed by atoms with van der Waals surface area (Å²) in [6, 6.07) is 10.3. The number of hydrogen-bond acceptors (Lipinski definition) is 4. The molecule has 2 aromatic rings. The molecule has 2 rings (SSSR count). The molecular formula is C14H18N2OS. The third-order valence-corrected chi connectivity index (χ3v) is 3.53. The molecular weight excluding hydrogens is 244 g/mol. The van der Waals surface area contributed by atoms with Gasteiger partial charge in [-0.05, 0) is 19.1 Å². The Morgan fingerprint density at radius 3 is 2.83 bits per heavy atom. The van der Waals surface area contributed by atoms with Crippen molar-refractivity contribution < 1.29 is 4.42 Å². The van der Waals surface area contributed by atoms with Crippen molar-refractivity contribution in [1.29, 1.82) is 0 Å². The minimum atomic E-state index is 0.266. The Hall–Kier alpha value is -1.26. The first kappa shape index (κ1) is 13.2. The second-order valence-electron chi connectivity index (χ2n) is 4.30. The molecule has 18 heavy (non-hydrogen) atoms. The Bertz CT molecular complexity index is 468. The number of rotatable bonds is 6. The molecule has 0 spiro atoms. The van der Waals surface area contributed by atoms with E-state index in [4.69, 9.17) is 10.2 Å². The standard InChI is InChI=1S/C14H18N2OS/c1-11(15)7-8-18-10-14-16-9-13(17-14)12-5-3-2-4-6-12/h2-6,9,11H,7-8,10,15H2,1H3. The molecule has 96 valence electrons. The van der Waals surface area contributed by atoms with Crippen molar-refractivity contribution in [3.05, 3.63) is 42.4 Å². The molecule has 1 unspecified atom stereocenters. The van der Waals surface area contributed by atoms with Gasteiger partial charge in [0.2, 0.25) is 5.89 Å². The van der Waals surface area contributed by atoms with E-state index in [-0.39, 0.29) is 6.04 Å². The fourth-order valence-electron chi connectivity index (χ4n) is 1.54. The Balaban J connectivity index is 1.87. The molecule has 0 bridgehead atoms. The first-order chi connectivity index (χ1) is 8.75. The van der Waals surface area contributed by atoms with Crippen molar-refractivity contribution in [2.45, 2.75) is 25.1 Å². The van der Waals surface area contributed by atoms with Crippen LogP contribution in [0.1, 0.15) is 19.2 Å². The van der Waals surface area contributed by atoms with Crippen molar-refractivity contribution in [2.75, 3.05) is 5.75 Å². The van der Waals surface area contributed by atoms with Crippen molar-refractivity contribution in [1.82, 2.24) is 4.98 Å². The number of thioether (sulfide) groups is 1. The van der Waals surface area contributed by atoms with E-state index in [0.29, 0.717) is 0 Å². The van der Waals surface area contributed by atoms with E-state index in [9.17, 15) is 0 Å². The minimum absolute atomic E-state index is 0.266. The number of benzene rings is 1. The summed E-state index contributed by atoms with van der Waals surface area (Å²) >= 11 is 1.81. The summed E-state index contributed by atoms with van der Waals surface area (Å²) in [6.45, 7) is 2.03. The lowest BCUT2D eigenvalue weighted by Gasteiger charge is -2.02. The van der Waals surface area contributed by atoms with Gasteiger partial charge in [0.1, 0.15) is 0 Å². The summed E-state index contributed by atoms with van der Waals surface area (Å²) in [5.41, 5.74) is 6.77. The Kier molecular flexibility index (Phi) is 4.84. The largest absolute Gasteiger partial charge is 0.440 e. The third-order valence-electron chi connectivity index (χ3n) is 2.55. The van der Waals surface area contributed by atoms with Gasteiger partial charge in [0, 0.05) is 11.6 Å². The van der Waals surface area contributed by atoms with Crippen LogP contribution in [0, 0.1) is 0 Å². The van der Waals surface area contributed by atoms with Crippen molar-refractivity contribution in [3.8, 4) is 11.3 Å². The maximum absolute atomic E-state index is 5.71. The van der Waals surface area contributed by atoms with Crippen LogP contribution in [0.2, 0.25) is 0 Å². The molecule has 0 saturated carbocycles. The highest BCUT2D eigenvalue weighted by Crippen LogP contribution is 2.22. The van der Waals surface area contributed by atoms with Gasteiger partial charge in [0.25, 0.3) is 0 Å². The highest BCUT2D eigenvalue weighted by Gasteiger charge is 2.06. The first-order valence-corrected chi connectivity index (χ1v) is 7.24. The van der Waals surface area contributed by atoms with E-state index < -0.39 is 0 Å². The molecule has 0 aliphatic carbocycles. The van der Waals surface area contributed by atoms with Crippen LogP contribution in [0.5, 0.6) is 0 Å². The quantitative estimate of drug-likeness (QED) is 0.811. The first-order valence-electron chi connectivity index (χ1n) is 6.09.